The fourth-order valence-electron chi connectivity index (χ4n) is 4.97. The van der Waals surface area contributed by atoms with Gasteiger partial charge in [0.2, 0.25) is 6.41 Å². The number of hydrogen-bond donors (Lipinski definition) is 3. The van der Waals surface area contributed by atoms with Gasteiger partial charge < -0.3 is 15.3 Å². The van der Waals surface area contributed by atoms with Crippen LogP contribution in [-0.4, -0.2) is 62.3 Å². The lowest BCUT2D eigenvalue weighted by Crippen LogP contribution is -2.48. The number of carbonyl (C=O) groups is 2. The van der Waals surface area contributed by atoms with Crippen LogP contribution in [0, 0.1) is 12.8 Å². The van der Waals surface area contributed by atoms with Crippen molar-refractivity contribution in [1.82, 2.24) is 19.9 Å². The minimum Gasteiger partial charge on any atom is -0.389 e. The monoisotopic (exact) mass is 598 g/mol. The summed E-state index contributed by atoms with van der Waals surface area (Å²) in [6.45, 7) is 11.6. The molecule has 5 rings (SSSR count). The second kappa shape index (κ2) is 13.1. The zero-order valence-corrected chi connectivity index (χ0v) is 26.3. The Hall–Kier alpha value is -2.66. The first kappa shape index (κ1) is 31.3. The molecule has 0 radical (unpaired) electrons. The van der Waals surface area contributed by atoms with Crippen molar-refractivity contribution in [3.05, 3.63) is 47.1 Å². The molecule has 2 heterocycles. The number of aliphatic hydroxyl groups is 1. The molecule has 0 spiro atoms. The second-order valence-corrected chi connectivity index (χ2v) is 14.4. The highest BCUT2D eigenvalue weighted by atomic mass is 32.2. The van der Waals surface area contributed by atoms with Crippen molar-refractivity contribution in [3.8, 4) is 10.4 Å². The molecule has 1 aromatic heterocycles. The van der Waals surface area contributed by atoms with Crippen LogP contribution >= 0.6 is 11.3 Å². The minimum atomic E-state index is -1.31. The number of aryl methyl sites for hydroxylation is 1. The molecule has 3 N–H and O–H groups in total. The number of thiazole rings is 1. The molecule has 2 amide bonds. The van der Waals surface area contributed by atoms with Crippen molar-refractivity contribution in [2.45, 2.75) is 82.8 Å². The third-order valence-electron chi connectivity index (χ3n) is 7.76. The van der Waals surface area contributed by atoms with Crippen LogP contribution in [0.1, 0.15) is 75.3 Å². The summed E-state index contributed by atoms with van der Waals surface area (Å²) in [6.07, 6.45) is 6.54. The third-order valence-corrected chi connectivity index (χ3v) is 10.4. The van der Waals surface area contributed by atoms with Crippen molar-refractivity contribution in [1.29, 1.82) is 0 Å². The third kappa shape index (κ3) is 8.00. The van der Waals surface area contributed by atoms with Gasteiger partial charge in [-0.15, -0.1) is 11.3 Å². The fourth-order valence-corrected chi connectivity index (χ4v) is 7.32. The van der Waals surface area contributed by atoms with E-state index in [9.17, 15) is 18.9 Å². The number of hydrogen-bond acceptors (Lipinski definition) is 6. The standard InChI is InChI=1S/C24H29N3O3S2.C7H13NO/c1-15-20(31-22(26-15)21(28)25-14-23(2,3)29)18-10-11-19(17-9-6-5-8-16(17)18)32(30)27-24(4)12-7-13-24;1-7-2-4-8(6-9)5-3-7/h5-6,8-11,27,29H,7,12-14H2,1-4H3,(H,25,28);6-7H,2-5H2,1H3. The maximum atomic E-state index is 13.1. The van der Waals surface area contributed by atoms with E-state index < -0.39 is 16.6 Å². The van der Waals surface area contributed by atoms with Gasteiger partial charge in [0.25, 0.3) is 5.91 Å². The highest BCUT2D eigenvalue weighted by molar-refractivity contribution is 7.83. The second-order valence-electron chi connectivity index (χ2n) is 12.2. The number of amides is 2. The molecule has 1 saturated heterocycles. The Morgan fingerprint density at radius 1 is 1.20 bits per heavy atom. The molecule has 1 aliphatic carbocycles. The summed E-state index contributed by atoms with van der Waals surface area (Å²) in [4.78, 5) is 30.7. The Morgan fingerprint density at radius 2 is 1.85 bits per heavy atom. The summed E-state index contributed by atoms with van der Waals surface area (Å²) in [6, 6.07) is 11.8. The van der Waals surface area contributed by atoms with E-state index in [4.69, 9.17) is 0 Å². The molecule has 2 fully saturated rings. The Bertz CT molecular complexity index is 1400. The van der Waals surface area contributed by atoms with Crippen molar-refractivity contribution < 1.29 is 18.9 Å². The van der Waals surface area contributed by atoms with Gasteiger partial charge in [-0.2, -0.15) is 0 Å². The van der Waals surface area contributed by atoms with E-state index in [1.807, 2.05) is 48.2 Å². The van der Waals surface area contributed by atoms with E-state index in [2.05, 4.69) is 28.9 Å². The Labute approximate surface area is 249 Å². The van der Waals surface area contributed by atoms with Gasteiger partial charge in [-0.3, -0.25) is 9.59 Å². The van der Waals surface area contributed by atoms with Gasteiger partial charge in [0.05, 0.1) is 21.1 Å². The molecule has 2 aliphatic rings. The van der Waals surface area contributed by atoms with Crippen LogP contribution in [0.25, 0.3) is 21.2 Å². The van der Waals surface area contributed by atoms with Crippen LogP contribution in [0.4, 0.5) is 0 Å². The van der Waals surface area contributed by atoms with Crippen LogP contribution in [0.5, 0.6) is 0 Å². The first-order valence-corrected chi connectivity index (χ1v) is 16.2. The van der Waals surface area contributed by atoms with Gasteiger partial charge in [-0.25, -0.2) is 13.9 Å². The number of nitrogens with one attached hydrogen (secondary N) is 2. The molecule has 10 heteroatoms. The average molecular weight is 599 g/mol. The summed E-state index contributed by atoms with van der Waals surface area (Å²) >= 11 is 1.33. The Kier molecular flexibility index (Phi) is 10.00. The molecule has 1 aliphatic heterocycles. The van der Waals surface area contributed by atoms with Crippen LogP contribution in [0.3, 0.4) is 0 Å². The topological polar surface area (TPSA) is 112 Å². The van der Waals surface area contributed by atoms with Crippen molar-refractivity contribution >= 4 is 45.4 Å². The summed E-state index contributed by atoms with van der Waals surface area (Å²) in [5, 5.41) is 14.9. The summed E-state index contributed by atoms with van der Waals surface area (Å²) in [7, 11) is -1.31. The van der Waals surface area contributed by atoms with Gasteiger partial charge in [0, 0.05) is 30.7 Å². The predicted octanol–water partition coefficient (Wildman–Crippen LogP) is 5.20. The van der Waals surface area contributed by atoms with E-state index in [0.29, 0.717) is 5.01 Å². The maximum absolute atomic E-state index is 13.1. The highest BCUT2D eigenvalue weighted by Gasteiger charge is 2.33. The number of aromatic nitrogens is 1. The molecule has 222 valence electrons. The van der Waals surface area contributed by atoms with Gasteiger partial charge in [0.1, 0.15) is 11.0 Å². The van der Waals surface area contributed by atoms with Crippen LogP contribution in [0.2, 0.25) is 0 Å². The summed E-state index contributed by atoms with van der Waals surface area (Å²) in [5.41, 5.74) is 0.678. The van der Waals surface area contributed by atoms with E-state index in [0.717, 1.165) is 76.5 Å². The fraction of sp³-hybridized carbons (Fsp3) is 0.516. The molecular formula is C31H42N4O4S2. The zero-order chi connectivity index (χ0) is 29.8. The van der Waals surface area contributed by atoms with E-state index in [1.165, 1.54) is 24.2 Å². The normalized spacial score (nSPS) is 17.8. The molecule has 1 unspecified atom stereocenters. The molecule has 3 aromatic rings. The molecule has 1 atom stereocenters. The van der Waals surface area contributed by atoms with Crippen LogP contribution in [0.15, 0.2) is 41.3 Å². The molecular weight excluding hydrogens is 556 g/mol. The molecule has 0 bridgehead atoms. The smallest absolute Gasteiger partial charge is 0.280 e. The minimum absolute atomic E-state index is 0.0652. The maximum Gasteiger partial charge on any atom is 0.280 e. The lowest BCUT2D eigenvalue weighted by atomic mass is 9.80. The largest absolute Gasteiger partial charge is 0.389 e. The number of carbonyl (C=O) groups excluding carboxylic acids is 2. The van der Waals surface area contributed by atoms with E-state index >= 15 is 0 Å². The summed E-state index contributed by atoms with van der Waals surface area (Å²) in [5.74, 6) is 0.521. The number of rotatable bonds is 8. The zero-order valence-electron chi connectivity index (χ0n) is 24.7. The predicted molar refractivity (Wildman–Crippen MR) is 166 cm³/mol. The average Bonchev–Trinajstić information content (AvgIpc) is 3.31. The number of nitrogens with zero attached hydrogens (tertiary/aromatic N) is 2. The molecule has 41 heavy (non-hydrogen) atoms. The van der Waals surface area contributed by atoms with Gasteiger partial charge in [-0.1, -0.05) is 37.3 Å². The highest BCUT2D eigenvalue weighted by Crippen LogP contribution is 2.38. The Morgan fingerprint density at radius 3 is 2.44 bits per heavy atom. The Balaban J connectivity index is 0.000000367. The van der Waals surface area contributed by atoms with Crippen molar-refractivity contribution in [3.63, 3.8) is 0 Å². The summed E-state index contributed by atoms with van der Waals surface area (Å²) < 4.78 is 16.5. The number of fused-ring (bicyclic) bond motifs is 1. The number of benzene rings is 2. The number of piperidine rings is 1. The van der Waals surface area contributed by atoms with Crippen LogP contribution < -0.4 is 10.0 Å². The first-order valence-electron chi connectivity index (χ1n) is 14.3. The number of likely N-dealkylation sites (tertiary alicyclic amines) is 1. The lowest BCUT2D eigenvalue weighted by Gasteiger charge is -2.38. The van der Waals surface area contributed by atoms with Gasteiger partial charge in [-0.05, 0) is 82.6 Å². The SMILES string of the molecule is CC1CCN(C=O)CC1.Cc1nc(C(=O)NCC(C)(C)O)sc1-c1ccc(S(=O)NC2(C)CCC2)c2ccccc12. The van der Waals surface area contributed by atoms with E-state index in [-0.39, 0.29) is 18.0 Å². The molecule has 8 nitrogen and oxygen atoms in total. The first-order chi connectivity index (χ1) is 19.4. The lowest BCUT2D eigenvalue weighted by molar-refractivity contribution is -0.119. The molecule has 2 aromatic carbocycles. The van der Waals surface area contributed by atoms with Crippen molar-refractivity contribution in [2.75, 3.05) is 19.6 Å². The quantitative estimate of drug-likeness (QED) is 0.309. The van der Waals surface area contributed by atoms with Gasteiger partial charge in [0.15, 0.2) is 5.01 Å². The van der Waals surface area contributed by atoms with Crippen LogP contribution in [-0.2, 0) is 15.8 Å². The van der Waals surface area contributed by atoms with Crippen molar-refractivity contribution in [2.24, 2.45) is 5.92 Å². The molecule has 1 saturated carbocycles. The van der Waals surface area contributed by atoms with Gasteiger partial charge >= 0.3 is 0 Å². The van der Waals surface area contributed by atoms with E-state index in [1.54, 1.807) is 13.8 Å².